The third-order valence-corrected chi connectivity index (χ3v) is 8.13. The zero-order valence-corrected chi connectivity index (χ0v) is 19.3. The first kappa shape index (κ1) is 22.2. The summed E-state index contributed by atoms with van der Waals surface area (Å²) in [7, 11) is -7.79. The van der Waals surface area contributed by atoms with Gasteiger partial charge in [-0.3, -0.25) is 9.40 Å². The highest BCUT2D eigenvalue weighted by Crippen LogP contribution is 2.30. The molecular weight excluding hydrogens is 452 g/mol. The van der Waals surface area contributed by atoms with Crippen LogP contribution in [0.3, 0.4) is 0 Å². The quantitative estimate of drug-likeness (QED) is 0.535. The largest absolute Gasteiger partial charge is 0.280 e. The molecule has 0 atom stereocenters. The Morgan fingerprint density at radius 1 is 0.938 bits per heavy atom. The summed E-state index contributed by atoms with van der Waals surface area (Å²) in [5.41, 5.74) is 1.28. The summed E-state index contributed by atoms with van der Waals surface area (Å²) in [5, 5.41) is 4.39. The minimum atomic E-state index is -3.92. The molecule has 1 fully saturated rings. The maximum atomic E-state index is 12.9. The van der Waals surface area contributed by atoms with Crippen molar-refractivity contribution in [1.82, 2.24) is 19.7 Å². The van der Waals surface area contributed by atoms with Crippen LogP contribution in [0.4, 0.5) is 11.6 Å². The summed E-state index contributed by atoms with van der Waals surface area (Å²) >= 11 is 0. The molecule has 1 saturated carbocycles. The van der Waals surface area contributed by atoms with E-state index < -0.39 is 20.0 Å². The van der Waals surface area contributed by atoms with Gasteiger partial charge >= 0.3 is 0 Å². The number of rotatable bonds is 7. The Hall–Kier alpha value is -2.99. The molecule has 170 valence electrons. The van der Waals surface area contributed by atoms with E-state index in [0.29, 0.717) is 11.4 Å². The van der Waals surface area contributed by atoms with Gasteiger partial charge in [0.25, 0.3) is 20.0 Å². The molecule has 1 aromatic carbocycles. The van der Waals surface area contributed by atoms with Crippen LogP contribution in [0.1, 0.15) is 43.1 Å². The topological polar surface area (TPSA) is 136 Å². The van der Waals surface area contributed by atoms with Crippen LogP contribution in [-0.4, -0.2) is 36.6 Å². The van der Waals surface area contributed by atoms with Crippen molar-refractivity contribution < 1.29 is 16.8 Å². The average Bonchev–Trinajstić information content (AvgIpc) is 3.37. The lowest BCUT2D eigenvalue weighted by molar-refractivity contribution is 0.464. The van der Waals surface area contributed by atoms with Crippen molar-refractivity contribution in [3.05, 3.63) is 54.1 Å². The smallest absolute Gasteiger partial charge is 0.265 e. The van der Waals surface area contributed by atoms with E-state index in [1.54, 1.807) is 30.8 Å². The fraction of sp³-hybridized carbons (Fsp3) is 0.350. The third kappa shape index (κ3) is 4.75. The fourth-order valence-electron chi connectivity index (χ4n) is 3.67. The Labute approximate surface area is 187 Å². The fourth-order valence-corrected chi connectivity index (χ4v) is 5.86. The van der Waals surface area contributed by atoms with Crippen molar-refractivity contribution in [3.8, 4) is 0 Å². The van der Waals surface area contributed by atoms with Gasteiger partial charge in [-0.15, -0.1) is 0 Å². The van der Waals surface area contributed by atoms with Gasteiger partial charge in [0.05, 0.1) is 16.6 Å². The summed E-state index contributed by atoms with van der Waals surface area (Å²) in [6, 6.07) is 7.28. The van der Waals surface area contributed by atoms with Gasteiger partial charge in [-0.05, 0) is 57.0 Å². The summed E-state index contributed by atoms with van der Waals surface area (Å²) in [6.07, 6.45) is 7.23. The second kappa shape index (κ2) is 8.51. The lowest BCUT2D eigenvalue weighted by Crippen LogP contribution is -2.16. The molecule has 32 heavy (non-hydrogen) atoms. The molecule has 1 aliphatic rings. The highest BCUT2D eigenvalue weighted by Gasteiger charge is 2.25. The summed E-state index contributed by atoms with van der Waals surface area (Å²) in [4.78, 5) is 7.97. The molecule has 0 aliphatic heterocycles. The van der Waals surface area contributed by atoms with Crippen molar-refractivity contribution in [3.63, 3.8) is 0 Å². The van der Waals surface area contributed by atoms with E-state index in [-0.39, 0.29) is 27.5 Å². The third-order valence-electron chi connectivity index (χ3n) is 5.30. The van der Waals surface area contributed by atoms with Crippen LogP contribution in [0, 0.1) is 13.8 Å². The number of anilines is 2. The predicted octanol–water partition coefficient (Wildman–Crippen LogP) is 3.01. The van der Waals surface area contributed by atoms with Crippen LogP contribution in [0.2, 0.25) is 0 Å². The maximum absolute atomic E-state index is 12.9. The van der Waals surface area contributed by atoms with Gasteiger partial charge in [-0.2, -0.15) is 5.10 Å². The number of sulfonamides is 2. The molecule has 0 radical (unpaired) electrons. The molecule has 0 spiro atoms. The number of benzene rings is 1. The van der Waals surface area contributed by atoms with Gasteiger partial charge in [0.2, 0.25) is 5.95 Å². The van der Waals surface area contributed by atoms with Gasteiger partial charge < -0.3 is 0 Å². The molecule has 0 bridgehead atoms. The first-order valence-corrected chi connectivity index (χ1v) is 13.1. The van der Waals surface area contributed by atoms with Crippen molar-refractivity contribution in [2.75, 3.05) is 9.44 Å². The van der Waals surface area contributed by atoms with E-state index in [0.717, 1.165) is 25.7 Å². The first-order chi connectivity index (χ1) is 15.1. The lowest BCUT2D eigenvalue weighted by Gasteiger charge is -2.10. The van der Waals surface area contributed by atoms with Gasteiger partial charge in [0.1, 0.15) is 4.90 Å². The van der Waals surface area contributed by atoms with Crippen LogP contribution in [0.25, 0.3) is 0 Å². The molecule has 2 N–H and O–H groups in total. The molecule has 10 nitrogen and oxygen atoms in total. The zero-order valence-electron chi connectivity index (χ0n) is 17.7. The molecule has 12 heteroatoms. The van der Waals surface area contributed by atoms with Gasteiger partial charge in [0.15, 0.2) is 0 Å². The van der Waals surface area contributed by atoms with E-state index in [1.807, 2.05) is 0 Å². The molecule has 3 aromatic rings. The van der Waals surface area contributed by atoms with E-state index in [4.69, 9.17) is 0 Å². The minimum Gasteiger partial charge on any atom is -0.280 e. The lowest BCUT2D eigenvalue weighted by atomic mass is 10.3. The Morgan fingerprint density at radius 2 is 1.62 bits per heavy atom. The summed E-state index contributed by atoms with van der Waals surface area (Å²) < 4.78 is 57.5. The Balaban J connectivity index is 1.50. The molecule has 2 heterocycles. The van der Waals surface area contributed by atoms with Gasteiger partial charge in [0, 0.05) is 23.8 Å². The van der Waals surface area contributed by atoms with Crippen LogP contribution in [0.15, 0.2) is 52.5 Å². The number of nitrogens with one attached hydrogen (secondary N) is 2. The summed E-state index contributed by atoms with van der Waals surface area (Å²) in [6.45, 7) is 3.38. The molecule has 4 rings (SSSR count). The predicted molar refractivity (Wildman–Crippen MR) is 119 cm³/mol. The van der Waals surface area contributed by atoms with Crippen molar-refractivity contribution in [1.29, 1.82) is 0 Å². The van der Waals surface area contributed by atoms with Crippen molar-refractivity contribution >= 4 is 31.7 Å². The van der Waals surface area contributed by atoms with E-state index >= 15 is 0 Å². The monoisotopic (exact) mass is 476 g/mol. The normalized spacial score (nSPS) is 15.1. The number of nitrogens with zero attached hydrogens (tertiary/aromatic N) is 4. The standard InChI is InChI=1S/C20H24N6O4S2/c1-14-11-12-21-20(22-14)25-31(27,28)18-9-7-16(8-10-18)24-32(29,30)19-13-26(23-15(19)2)17-5-3-4-6-17/h7-13,17,24H,3-6H2,1-2H3,(H,21,22,25). The Morgan fingerprint density at radius 3 is 2.28 bits per heavy atom. The number of hydrogen-bond acceptors (Lipinski definition) is 7. The first-order valence-electron chi connectivity index (χ1n) is 10.2. The molecule has 1 aliphatic carbocycles. The van der Waals surface area contributed by atoms with Gasteiger partial charge in [-0.1, -0.05) is 12.8 Å². The maximum Gasteiger partial charge on any atom is 0.265 e. The van der Waals surface area contributed by atoms with E-state index in [1.165, 1.54) is 30.5 Å². The highest BCUT2D eigenvalue weighted by atomic mass is 32.2. The average molecular weight is 477 g/mol. The second-order valence-electron chi connectivity index (χ2n) is 7.75. The van der Waals surface area contributed by atoms with Crippen LogP contribution in [-0.2, 0) is 20.0 Å². The number of aryl methyl sites for hydroxylation is 2. The molecule has 2 aromatic heterocycles. The number of aromatic nitrogens is 4. The Kier molecular flexibility index (Phi) is 5.91. The van der Waals surface area contributed by atoms with Crippen LogP contribution in [0.5, 0.6) is 0 Å². The molecule has 0 amide bonds. The van der Waals surface area contributed by atoms with Crippen molar-refractivity contribution in [2.45, 2.75) is 55.4 Å². The van der Waals surface area contributed by atoms with E-state index in [2.05, 4.69) is 24.5 Å². The minimum absolute atomic E-state index is 0.0375. The zero-order chi connectivity index (χ0) is 22.9. The van der Waals surface area contributed by atoms with Crippen LogP contribution >= 0.6 is 0 Å². The molecule has 0 saturated heterocycles. The molecule has 0 unspecified atom stereocenters. The summed E-state index contributed by atoms with van der Waals surface area (Å²) in [5.74, 6) is -0.0375. The van der Waals surface area contributed by atoms with Crippen molar-refractivity contribution in [2.24, 2.45) is 0 Å². The molecular formula is C20H24N6O4S2. The highest BCUT2D eigenvalue weighted by molar-refractivity contribution is 7.93. The second-order valence-corrected chi connectivity index (χ2v) is 11.1. The van der Waals surface area contributed by atoms with Gasteiger partial charge in [-0.25, -0.2) is 31.5 Å². The SMILES string of the molecule is Cc1ccnc(NS(=O)(=O)c2ccc(NS(=O)(=O)c3cn(C4CCCC4)nc3C)cc2)n1. The number of hydrogen-bond donors (Lipinski definition) is 2. The Bertz CT molecular complexity index is 1330. The van der Waals surface area contributed by atoms with Crippen LogP contribution < -0.4 is 9.44 Å². The van der Waals surface area contributed by atoms with E-state index in [9.17, 15) is 16.8 Å².